The second kappa shape index (κ2) is 5.87. The normalized spacial score (nSPS) is 28.2. The van der Waals surface area contributed by atoms with Crippen LogP contribution in [-0.2, 0) is 4.79 Å². The average molecular weight is 360 g/mol. The van der Waals surface area contributed by atoms with E-state index in [1.54, 1.807) is 12.1 Å². The number of hydrogen-bond acceptors (Lipinski definition) is 5. The summed E-state index contributed by atoms with van der Waals surface area (Å²) in [5, 5.41) is 18.1. The SMILES string of the molecule is CC12CCC(C(=NNC(=S)Nc3cccc([N+](=O)[O-])c3)C1=O)C2(C)C. The molecule has 132 valence electrons. The number of thiocarbonyl (C=S) groups is 1. The van der Waals surface area contributed by atoms with Crippen LogP contribution in [0.2, 0.25) is 0 Å². The maximum absolute atomic E-state index is 12.7. The fourth-order valence-corrected chi connectivity index (χ4v) is 4.09. The molecule has 0 heterocycles. The van der Waals surface area contributed by atoms with Crippen LogP contribution >= 0.6 is 12.2 Å². The van der Waals surface area contributed by atoms with E-state index in [-0.39, 0.29) is 33.3 Å². The lowest BCUT2D eigenvalue weighted by atomic mass is 9.70. The van der Waals surface area contributed by atoms with Crippen LogP contribution < -0.4 is 10.7 Å². The molecule has 0 amide bonds. The number of non-ortho nitro benzene ring substituents is 1. The molecule has 2 fully saturated rings. The van der Waals surface area contributed by atoms with Crippen molar-refractivity contribution in [1.82, 2.24) is 5.43 Å². The van der Waals surface area contributed by atoms with Crippen LogP contribution in [0.1, 0.15) is 33.6 Å². The van der Waals surface area contributed by atoms with Crippen LogP contribution in [0.3, 0.4) is 0 Å². The largest absolute Gasteiger partial charge is 0.331 e. The zero-order chi connectivity index (χ0) is 18.4. The van der Waals surface area contributed by atoms with Gasteiger partial charge in [0.05, 0.1) is 4.92 Å². The Balaban J connectivity index is 1.71. The zero-order valence-electron chi connectivity index (χ0n) is 14.3. The lowest BCUT2D eigenvalue weighted by Crippen LogP contribution is -2.34. The summed E-state index contributed by atoms with van der Waals surface area (Å²) >= 11 is 5.18. The van der Waals surface area contributed by atoms with Gasteiger partial charge in [-0.3, -0.25) is 20.3 Å². The van der Waals surface area contributed by atoms with Gasteiger partial charge in [-0.2, -0.15) is 5.10 Å². The standard InChI is InChI=1S/C17H20N4O3S/c1-16(2)12-7-8-17(16,3)14(22)13(12)19-20-15(25)18-10-5-4-6-11(9-10)21(23)24/h4-6,9,12H,7-8H2,1-3H3,(H2,18,20,25). The maximum Gasteiger partial charge on any atom is 0.271 e. The molecule has 8 heteroatoms. The molecule has 1 aromatic rings. The number of carbonyl (C=O) groups excluding carboxylic acids is 1. The third-order valence-electron chi connectivity index (χ3n) is 5.88. The number of ketones is 1. The minimum atomic E-state index is -0.474. The zero-order valence-corrected chi connectivity index (χ0v) is 15.1. The molecule has 2 aliphatic rings. The number of anilines is 1. The van der Waals surface area contributed by atoms with Gasteiger partial charge in [-0.1, -0.05) is 26.8 Å². The minimum absolute atomic E-state index is 0.0305. The molecule has 0 saturated heterocycles. The molecule has 2 saturated carbocycles. The van der Waals surface area contributed by atoms with Crippen molar-refractivity contribution >= 4 is 40.2 Å². The van der Waals surface area contributed by atoms with Crippen LogP contribution in [0, 0.1) is 26.9 Å². The topological polar surface area (TPSA) is 96.6 Å². The van der Waals surface area contributed by atoms with Gasteiger partial charge in [0.1, 0.15) is 5.71 Å². The number of hydrazone groups is 1. The number of nitrogens with one attached hydrogen (secondary N) is 2. The van der Waals surface area contributed by atoms with Crippen molar-refractivity contribution < 1.29 is 9.72 Å². The summed E-state index contributed by atoms with van der Waals surface area (Å²) in [7, 11) is 0. The molecular weight excluding hydrogens is 340 g/mol. The molecule has 2 aliphatic carbocycles. The van der Waals surface area contributed by atoms with Crippen molar-refractivity contribution in [2.24, 2.45) is 21.8 Å². The number of nitrogens with zero attached hydrogens (tertiary/aromatic N) is 2. The number of nitro benzene ring substituents is 1. The van der Waals surface area contributed by atoms with Gasteiger partial charge in [-0.25, -0.2) is 0 Å². The van der Waals surface area contributed by atoms with Gasteiger partial charge in [0.2, 0.25) is 0 Å². The van der Waals surface area contributed by atoms with Gasteiger partial charge in [-0.05, 0) is 36.5 Å². The Morgan fingerprint density at radius 3 is 2.72 bits per heavy atom. The second-order valence-electron chi connectivity index (χ2n) is 7.34. The van der Waals surface area contributed by atoms with Crippen molar-refractivity contribution in [3.63, 3.8) is 0 Å². The van der Waals surface area contributed by atoms with Crippen molar-refractivity contribution in [1.29, 1.82) is 0 Å². The summed E-state index contributed by atoms with van der Waals surface area (Å²) in [6.07, 6.45) is 1.83. The number of fused-ring (bicyclic) bond motifs is 2. The molecular formula is C17H20N4O3S. The van der Waals surface area contributed by atoms with E-state index in [9.17, 15) is 14.9 Å². The van der Waals surface area contributed by atoms with E-state index in [0.29, 0.717) is 11.4 Å². The van der Waals surface area contributed by atoms with E-state index in [1.807, 2.05) is 6.92 Å². The molecule has 2 bridgehead atoms. The van der Waals surface area contributed by atoms with Crippen molar-refractivity contribution in [2.75, 3.05) is 5.32 Å². The highest BCUT2D eigenvalue weighted by atomic mass is 32.1. The van der Waals surface area contributed by atoms with Gasteiger partial charge >= 0.3 is 0 Å². The molecule has 0 spiro atoms. The first-order valence-electron chi connectivity index (χ1n) is 8.10. The Hall–Kier alpha value is -2.35. The van der Waals surface area contributed by atoms with Crippen molar-refractivity contribution in [3.8, 4) is 0 Å². The van der Waals surface area contributed by atoms with Gasteiger partial charge in [-0.15, -0.1) is 0 Å². The monoisotopic (exact) mass is 360 g/mol. The Bertz CT molecular complexity index is 805. The van der Waals surface area contributed by atoms with Gasteiger partial charge in [0.25, 0.3) is 5.69 Å². The quantitative estimate of drug-likeness (QED) is 0.488. The number of benzene rings is 1. The average Bonchev–Trinajstić information content (AvgIpc) is 2.86. The Labute approximate surface area is 151 Å². The maximum atomic E-state index is 12.7. The van der Waals surface area contributed by atoms with E-state index in [0.717, 1.165) is 12.8 Å². The first kappa shape index (κ1) is 17.5. The predicted molar refractivity (Wildman–Crippen MR) is 99.5 cm³/mol. The molecule has 2 N–H and O–H groups in total. The predicted octanol–water partition coefficient (Wildman–Crippen LogP) is 3.26. The number of nitro groups is 1. The molecule has 1 aromatic carbocycles. The Kier molecular flexibility index (Phi) is 4.10. The highest BCUT2D eigenvalue weighted by Gasteiger charge is 2.65. The summed E-state index contributed by atoms with van der Waals surface area (Å²) in [6.45, 7) is 6.24. The highest BCUT2D eigenvalue weighted by molar-refractivity contribution is 7.80. The minimum Gasteiger partial charge on any atom is -0.331 e. The van der Waals surface area contributed by atoms with Gasteiger partial charge in [0, 0.05) is 29.2 Å². The summed E-state index contributed by atoms with van der Waals surface area (Å²) in [6, 6.07) is 6.02. The number of rotatable bonds is 3. The van der Waals surface area contributed by atoms with Crippen LogP contribution in [0.15, 0.2) is 29.4 Å². The van der Waals surface area contributed by atoms with E-state index in [2.05, 4.69) is 29.7 Å². The summed E-state index contributed by atoms with van der Waals surface area (Å²) in [5.74, 6) is 0.206. The molecule has 0 radical (unpaired) electrons. The molecule has 7 nitrogen and oxygen atoms in total. The van der Waals surface area contributed by atoms with E-state index < -0.39 is 4.92 Å². The summed E-state index contributed by atoms with van der Waals surface area (Å²) in [5.41, 5.74) is 3.23. The van der Waals surface area contributed by atoms with E-state index in [4.69, 9.17) is 12.2 Å². The number of hydrogen-bond donors (Lipinski definition) is 2. The smallest absolute Gasteiger partial charge is 0.271 e. The van der Waals surface area contributed by atoms with Crippen molar-refractivity contribution in [3.05, 3.63) is 34.4 Å². The molecule has 0 aliphatic heterocycles. The second-order valence-corrected chi connectivity index (χ2v) is 7.75. The van der Waals surface area contributed by atoms with E-state index >= 15 is 0 Å². The van der Waals surface area contributed by atoms with Crippen LogP contribution in [0.5, 0.6) is 0 Å². The van der Waals surface area contributed by atoms with Gasteiger partial charge in [0.15, 0.2) is 10.9 Å². The van der Waals surface area contributed by atoms with Crippen LogP contribution in [0.25, 0.3) is 0 Å². The van der Waals surface area contributed by atoms with Crippen LogP contribution in [0.4, 0.5) is 11.4 Å². The fourth-order valence-electron chi connectivity index (χ4n) is 3.92. The first-order chi connectivity index (χ1) is 11.7. The Morgan fingerprint density at radius 2 is 2.12 bits per heavy atom. The van der Waals surface area contributed by atoms with Crippen molar-refractivity contribution in [2.45, 2.75) is 33.6 Å². The lowest BCUT2D eigenvalue weighted by molar-refractivity contribution is -0.384. The third kappa shape index (κ3) is 2.70. The third-order valence-corrected chi connectivity index (χ3v) is 6.08. The molecule has 0 aromatic heterocycles. The number of Topliss-reactive ketones (excluding diaryl/α,β-unsaturated/α-hetero) is 1. The number of carbonyl (C=O) groups is 1. The first-order valence-corrected chi connectivity index (χ1v) is 8.51. The summed E-state index contributed by atoms with van der Waals surface area (Å²) < 4.78 is 0. The molecule has 25 heavy (non-hydrogen) atoms. The molecule has 2 atom stereocenters. The highest BCUT2D eigenvalue weighted by Crippen LogP contribution is 2.62. The van der Waals surface area contributed by atoms with Gasteiger partial charge < -0.3 is 5.32 Å². The fraction of sp³-hybridized carbons (Fsp3) is 0.471. The lowest BCUT2D eigenvalue weighted by Gasteiger charge is -2.31. The molecule has 2 unspecified atom stereocenters. The Morgan fingerprint density at radius 1 is 1.40 bits per heavy atom. The summed E-state index contributed by atoms with van der Waals surface area (Å²) in [4.78, 5) is 23.0. The molecule has 3 rings (SSSR count). The van der Waals surface area contributed by atoms with Crippen LogP contribution in [-0.4, -0.2) is 21.5 Å². The van der Waals surface area contributed by atoms with E-state index in [1.165, 1.54) is 12.1 Å².